The highest BCUT2D eigenvalue weighted by Gasteiger charge is 2.22. The molecule has 1 aromatic heterocycles. The molecule has 2 heterocycles. The van der Waals surface area contributed by atoms with E-state index in [1.807, 2.05) is 25.3 Å². The van der Waals surface area contributed by atoms with E-state index in [9.17, 15) is 4.79 Å². The summed E-state index contributed by atoms with van der Waals surface area (Å²) in [6, 6.07) is 4.11. The van der Waals surface area contributed by atoms with Crippen molar-refractivity contribution >= 4 is 23.3 Å². The average Bonchev–Trinajstić information content (AvgIpc) is 3.00. The normalized spacial score (nSPS) is 17.3. The maximum atomic E-state index is 12.2. The first-order chi connectivity index (χ1) is 10.1. The molecule has 0 spiro atoms. The van der Waals surface area contributed by atoms with Crippen molar-refractivity contribution < 1.29 is 9.53 Å². The molecule has 2 rings (SSSR count). The molecule has 0 unspecified atom stereocenters. The minimum absolute atomic E-state index is 0.00379. The van der Waals surface area contributed by atoms with Gasteiger partial charge >= 0.3 is 0 Å². The number of nitrogens with zero attached hydrogens (tertiary/aromatic N) is 3. The minimum Gasteiger partial charge on any atom is -0.462 e. The van der Waals surface area contributed by atoms with Crippen molar-refractivity contribution in [3.63, 3.8) is 0 Å². The van der Waals surface area contributed by atoms with Gasteiger partial charge in [0.25, 0.3) is 11.9 Å². The van der Waals surface area contributed by atoms with Crippen molar-refractivity contribution in [3.05, 3.63) is 22.4 Å². The van der Waals surface area contributed by atoms with Gasteiger partial charge in [-0.3, -0.25) is 4.79 Å². The van der Waals surface area contributed by atoms with Crippen molar-refractivity contribution in [1.29, 1.82) is 0 Å². The number of amides is 1. The number of amidine groups is 1. The Morgan fingerprint density at radius 2 is 2.10 bits per heavy atom. The van der Waals surface area contributed by atoms with E-state index >= 15 is 0 Å². The first kappa shape index (κ1) is 16.0. The van der Waals surface area contributed by atoms with Crippen LogP contribution in [0, 0.1) is 0 Å². The Balaban J connectivity index is 2.09. The SMILES string of the molecule is CCN1CCN(C(=NC(=O)c2cccs2)OC(C)C)CC1. The van der Waals surface area contributed by atoms with Gasteiger partial charge in [0.15, 0.2) is 0 Å². The number of hydrogen-bond acceptors (Lipinski definition) is 4. The molecule has 1 saturated heterocycles. The lowest BCUT2D eigenvalue weighted by Gasteiger charge is -2.35. The summed E-state index contributed by atoms with van der Waals surface area (Å²) in [6.45, 7) is 10.8. The first-order valence-electron chi connectivity index (χ1n) is 7.40. The fourth-order valence-corrected chi connectivity index (χ4v) is 2.79. The molecule has 1 amide bonds. The third-order valence-electron chi connectivity index (χ3n) is 3.36. The van der Waals surface area contributed by atoms with Gasteiger partial charge in [-0.2, -0.15) is 4.99 Å². The Kier molecular flexibility index (Phi) is 5.76. The van der Waals surface area contributed by atoms with Gasteiger partial charge < -0.3 is 14.5 Å². The van der Waals surface area contributed by atoms with Crippen LogP contribution in [-0.2, 0) is 4.74 Å². The summed E-state index contributed by atoms with van der Waals surface area (Å²) in [5.74, 6) is -0.224. The van der Waals surface area contributed by atoms with Crippen LogP contribution in [0.15, 0.2) is 22.5 Å². The lowest BCUT2D eigenvalue weighted by molar-refractivity contribution is 0.0980. The van der Waals surface area contributed by atoms with Gasteiger partial charge in [-0.15, -0.1) is 11.3 Å². The number of thiophene rings is 1. The highest BCUT2D eigenvalue weighted by atomic mass is 32.1. The van der Waals surface area contributed by atoms with Crippen LogP contribution in [0.4, 0.5) is 0 Å². The predicted molar refractivity (Wildman–Crippen MR) is 86.0 cm³/mol. The smallest absolute Gasteiger partial charge is 0.295 e. The molecular formula is C15H23N3O2S. The standard InChI is InChI=1S/C15H23N3O2S/c1-4-17-7-9-18(10-8-17)15(20-12(2)3)16-14(19)13-6-5-11-21-13/h5-6,11-12H,4,7-10H2,1-3H3. The summed E-state index contributed by atoms with van der Waals surface area (Å²) in [4.78, 5) is 21.5. The summed E-state index contributed by atoms with van der Waals surface area (Å²) in [5, 5.41) is 1.88. The lowest BCUT2D eigenvalue weighted by Crippen LogP contribution is -2.49. The van der Waals surface area contributed by atoms with Crippen LogP contribution < -0.4 is 0 Å². The van der Waals surface area contributed by atoms with Crippen LogP contribution in [-0.4, -0.2) is 60.6 Å². The van der Waals surface area contributed by atoms with Crippen molar-refractivity contribution in [2.24, 2.45) is 4.99 Å². The molecule has 1 aliphatic heterocycles. The van der Waals surface area contributed by atoms with Gasteiger partial charge in [-0.05, 0) is 31.8 Å². The first-order valence-corrected chi connectivity index (χ1v) is 8.28. The number of rotatable bonds is 3. The maximum absolute atomic E-state index is 12.2. The zero-order valence-corrected chi connectivity index (χ0v) is 13.7. The van der Waals surface area contributed by atoms with Crippen LogP contribution in [0.2, 0.25) is 0 Å². The minimum atomic E-state index is -0.224. The molecule has 1 aromatic rings. The Hall–Kier alpha value is -1.40. The molecule has 0 radical (unpaired) electrons. The van der Waals surface area contributed by atoms with Gasteiger partial charge in [0, 0.05) is 26.2 Å². The maximum Gasteiger partial charge on any atom is 0.295 e. The fraction of sp³-hybridized carbons (Fsp3) is 0.600. The molecule has 0 atom stereocenters. The number of ether oxygens (including phenoxy) is 1. The average molecular weight is 309 g/mol. The summed E-state index contributed by atoms with van der Waals surface area (Å²) < 4.78 is 5.77. The molecule has 1 aliphatic rings. The summed E-state index contributed by atoms with van der Waals surface area (Å²) in [6.07, 6.45) is 0.00379. The monoisotopic (exact) mass is 309 g/mol. The summed E-state index contributed by atoms with van der Waals surface area (Å²) >= 11 is 1.40. The van der Waals surface area contributed by atoms with Crippen molar-refractivity contribution in [2.75, 3.05) is 32.7 Å². The molecule has 0 aromatic carbocycles. The van der Waals surface area contributed by atoms with Crippen molar-refractivity contribution in [1.82, 2.24) is 9.80 Å². The van der Waals surface area contributed by atoms with E-state index in [0.29, 0.717) is 10.9 Å². The van der Waals surface area contributed by atoms with Gasteiger partial charge in [0.2, 0.25) is 0 Å². The van der Waals surface area contributed by atoms with Gasteiger partial charge in [-0.1, -0.05) is 13.0 Å². The van der Waals surface area contributed by atoms with E-state index in [2.05, 4.69) is 21.7 Å². The quantitative estimate of drug-likeness (QED) is 0.635. The Morgan fingerprint density at radius 3 is 2.62 bits per heavy atom. The van der Waals surface area contributed by atoms with Gasteiger partial charge in [0.05, 0.1) is 11.0 Å². The largest absolute Gasteiger partial charge is 0.462 e. The molecule has 21 heavy (non-hydrogen) atoms. The topological polar surface area (TPSA) is 45.1 Å². The highest BCUT2D eigenvalue weighted by Crippen LogP contribution is 2.12. The van der Waals surface area contributed by atoms with E-state index in [1.54, 1.807) is 6.07 Å². The molecule has 6 heteroatoms. The molecular weight excluding hydrogens is 286 g/mol. The number of hydrogen-bond donors (Lipinski definition) is 0. The van der Waals surface area contributed by atoms with Crippen molar-refractivity contribution in [2.45, 2.75) is 26.9 Å². The number of aliphatic imine (C=N–C) groups is 1. The second-order valence-electron chi connectivity index (χ2n) is 5.26. The molecule has 1 fully saturated rings. The van der Waals surface area contributed by atoms with Gasteiger partial charge in [-0.25, -0.2) is 0 Å². The van der Waals surface area contributed by atoms with Crippen LogP contribution in [0.25, 0.3) is 0 Å². The lowest BCUT2D eigenvalue weighted by atomic mass is 10.3. The van der Waals surface area contributed by atoms with E-state index in [1.165, 1.54) is 11.3 Å². The Labute approximate surface area is 130 Å². The van der Waals surface area contributed by atoms with Crippen LogP contribution in [0.1, 0.15) is 30.4 Å². The van der Waals surface area contributed by atoms with Crippen LogP contribution >= 0.6 is 11.3 Å². The third-order valence-corrected chi connectivity index (χ3v) is 4.22. The Bertz CT molecular complexity index is 477. The second kappa shape index (κ2) is 7.56. The molecule has 0 bridgehead atoms. The van der Waals surface area contributed by atoms with E-state index in [-0.39, 0.29) is 12.0 Å². The molecule has 0 saturated carbocycles. The number of carbonyl (C=O) groups is 1. The number of piperazine rings is 1. The highest BCUT2D eigenvalue weighted by molar-refractivity contribution is 7.12. The number of carbonyl (C=O) groups excluding carboxylic acids is 1. The predicted octanol–water partition coefficient (Wildman–Crippen LogP) is 2.31. The van der Waals surface area contributed by atoms with E-state index in [0.717, 1.165) is 32.7 Å². The third kappa shape index (κ3) is 4.54. The molecule has 0 aliphatic carbocycles. The molecule has 5 nitrogen and oxygen atoms in total. The van der Waals surface area contributed by atoms with Crippen LogP contribution in [0.5, 0.6) is 0 Å². The number of likely N-dealkylation sites (N-methyl/N-ethyl adjacent to an activating group) is 1. The second-order valence-corrected chi connectivity index (χ2v) is 6.21. The summed E-state index contributed by atoms with van der Waals surface area (Å²) in [5.41, 5.74) is 0. The fourth-order valence-electron chi connectivity index (χ4n) is 2.18. The Morgan fingerprint density at radius 1 is 1.38 bits per heavy atom. The van der Waals surface area contributed by atoms with Gasteiger partial charge in [0.1, 0.15) is 0 Å². The van der Waals surface area contributed by atoms with E-state index in [4.69, 9.17) is 4.74 Å². The zero-order valence-electron chi connectivity index (χ0n) is 12.9. The molecule has 116 valence electrons. The van der Waals surface area contributed by atoms with Crippen molar-refractivity contribution in [3.8, 4) is 0 Å². The van der Waals surface area contributed by atoms with Crippen LogP contribution in [0.3, 0.4) is 0 Å². The van der Waals surface area contributed by atoms with E-state index < -0.39 is 0 Å². The zero-order chi connectivity index (χ0) is 15.2. The molecule has 0 N–H and O–H groups in total. The summed E-state index contributed by atoms with van der Waals surface area (Å²) in [7, 11) is 0.